The summed E-state index contributed by atoms with van der Waals surface area (Å²) in [5.74, 6) is -0.901. The second-order valence-corrected chi connectivity index (χ2v) is 6.28. The second kappa shape index (κ2) is 6.33. The zero-order valence-electron chi connectivity index (χ0n) is 11.5. The van der Waals surface area contributed by atoms with Crippen LogP contribution in [0.4, 0.5) is 0 Å². The molecule has 1 N–H and O–H groups in total. The summed E-state index contributed by atoms with van der Waals surface area (Å²) in [5, 5.41) is 10.2. The molecule has 0 saturated carbocycles. The molecule has 1 aromatic heterocycles. The number of rotatable bonds is 4. The summed E-state index contributed by atoms with van der Waals surface area (Å²) in [4.78, 5) is 17.4. The van der Waals surface area contributed by atoms with Crippen LogP contribution in [0, 0.1) is 13.8 Å². The van der Waals surface area contributed by atoms with Gasteiger partial charge in [0.2, 0.25) is 0 Å². The van der Waals surface area contributed by atoms with E-state index in [2.05, 4.69) is 4.98 Å². The van der Waals surface area contributed by atoms with E-state index in [4.69, 9.17) is 0 Å². The van der Waals surface area contributed by atoms with Gasteiger partial charge >= 0.3 is 5.97 Å². The highest BCUT2D eigenvalue weighted by Gasteiger charge is 2.16. The Hall–Kier alpha value is -1.46. The van der Waals surface area contributed by atoms with Gasteiger partial charge in [0.15, 0.2) is 0 Å². The molecular weight excluding hydrogens is 290 g/mol. The smallest absolute Gasteiger partial charge is 0.337 e. The molecule has 0 spiro atoms. The summed E-state index contributed by atoms with van der Waals surface area (Å²) >= 11 is 2.84. The molecule has 2 rings (SSSR count). The first-order valence-electron chi connectivity index (χ1n) is 6.04. The zero-order chi connectivity index (χ0) is 14.7. The van der Waals surface area contributed by atoms with Gasteiger partial charge in [0.05, 0.1) is 5.56 Å². The Morgan fingerprint density at radius 1 is 1.20 bits per heavy atom. The standard InChI is InChI=1S/C15H15NO2S2/c1-9-7-10(2)16-13(8-9)20-12-6-4-5-11(19-3)14(12)15(17)18/h4-8H,1-3H3,(H,17,18). The van der Waals surface area contributed by atoms with Crippen LogP contribution in [0.15, 0.2) is 45.1 Å². The first-order chi connectivity index (χ1) is 9.51. The van der Waals surface area contributed by atoms with Crippen molar-refractivity contribution in [3.05, 3.63) is 47.2 Å². The highest BCUT2D eigenvalue weighted by Crippen LogP contribution is 2.34. The largest absolute Gasteiger partial charge is 0.478 e. The van der Waals surface area contributed by atoms with Gasteiger partial charge in [-0.25, -0.2) is 9.78 Å². The molecule has 0 aliphatic rings. The molecule has 1 heterocycles. The van der Waals surface area contributed by atoms with E-state index >= 15 is 0 Å². The number of carboxylic acid groups (broad SMARTS) is 1. The lowest BCUT2D eigenvalue weighted by atomic mass is 10.2. The number of thioether (sulfide) groups is 1. The van der Waals surface area contributed by atoms with Crippen LogP contribution in [0.1, 0.15) is 21.6 Å². The summed E-state index contributed by atoms with van der Waals surface area (Å²) < 4.78 is 0. The Balaban J connectivity index is 2.45. The molecule has 0 atom stereocenters. The minimum absolute atomic E-state index is 0.353. The zero-order valence-corrected chi connectivity index (χ0v) is 13.1. The molecule has 0 unspecified atom stereocenters. The van der Waals surface area contributed by atoms with Crippen molar-refractivity contribution in [2.45, 2.75) is 28.7 Å². The number of hydrogen-bond donors (Lipinski definition) is 1. The number of carboxylic acids is 1. The molecule has 2 aromatic rings. The molecular formula is C15H15NO2S2. The van der Waals surface area contributed by atoms with Crippen LogP contribution < -0.4 is 0 Å². The predicted molar refractivity (Wildman–Crippen MR) is 83.0 cm³/mol. The van der Waals surface area contributed by atoms with E-state index in [0.717, 1.165) is 26.1 Å². The fraction of sp³-hybridized carbons (Fsp3) is 0.200. The van der Waals surface area contributed by atoms with Gasteiger partial charge in [0.1, 0.15) is 5.03 Å². The van der Waals surface area contributed by atoms with Crippen molar-refractivity contribution in [2.75, 3.05) is 6.26 Å². The van der Waals surface area contributed by atoms with Crippen molar-refractivity contribution in [1.82, 2.24) is 4.98 Å². The lowest BCUT2D eigenvalue weighted by Crippen LogP contribution is -2.01. The minimum Gasteiger partial charge on any atom is -0.478 e. The molecule has 0 bridgehead atoms. The Morgan fingerprint density at radius 3 is 2.50 bits per heavy atom. The van der Waals surface area contributed by atoms with E-state index in [1.807, 2.05) is 50.4 Å². The molecule has 0 aliphatic heterocycles. The third-order valence-corrected chi connectivity index (χ3v) is 4.47. The van der Waals surface area contributed by atoms with Gasteiger partial charge in [-0.3, -0.25) is 0 Å². The van der Waals surface area contributed by atoms with Crippen molar-refractivity contribution in [3.63, 3.8) is 0 Å². The molecule has 0 amide bonds. The average molecular weight is 305 g/mol. The predicted octanol–water partition coefficient (Wildman–Crippen LogP) is 4.27. The van der Waals surface area contributed by atoms with Crippen LogP contribution in [0.25, 0.3) is 0 Å². The van der Waals surface area contributed by atoms with Crippen molar-refractivity contribution in [3.8, 4) is 0 Å². The molecule has 5 heteroatoms. The second-order valence-electron chi connectivity index (χ2n) is 4.36. The van der Waals surface area contributed by atoms with Crippen molar-refractivity contribution in [1.29, 1.82) is 0 Å². The van der Waals surface area contributed by atoms with Crippen molar-refractivity contribution >= 4 is 29.5 Å². The number of carbonyl (C=O) groups is 1. The van der Waals surface area contributed by atoms with Gasteiger partial charge in [0, 0.05) is 15.5 Å². The van der Waals surface area contributed by atoms with E-state index in [1.54, 1.807) is 0 Å². The number of aromatic nitrogens is 1. The van der Waals surface area contributed by atoms with E-state index in [-0.39, 0.29) is 0 Å². The van der Waals surface area contributed by atoms with Gasteiger partial charge in [-0.05, 0) is 49.9 Å². The van der Waals surface area contributed by atoms with Gasteiger partial charge in [-0.2, -0.15) is 0 Å². The summed E-state index contributed by atoms with van der Waals surface area (Å²) in [5.41, 5.74) is 2.41. The fourth-order valence-electron chi connectivity index (χ4n) is 1.95. The summed E-state index contributed by atoms with van der Waals surface area (Å²) in [6, 6.07) is 9.50. The molecule has 3 nitrogen and oxygen atoms in total. The van der Waals surface area contributed by atoms with Gasteiger partial charge in [-0.1, -0.05) is 17.8 Å². The number of nitrogens with zero attached hydrogens (tertiary/aromatic N) is 1. The van der Waals surface area contributed by atoms with Crippen LogP contribution in [0.5, 0.6) is 0 Å². The number of hydrogen-bond acceptors (Lipinski definition) is 4. The number of aromatic carboxylic acids is 1. The van der Waals surface area contributed by atoms with E-state index in [1.165, 1.54) is 23.5 Å². The first-order valence-corrected chi connectivity index (χ1v) is 8.09. The Labute approximate surface area is 126 Å². The number of aryl methyl sites for hydroxylation is 2. The van der Waals surface area contributed by atoms with Gasteiger partial charge in [0.25, 0.3) is 0 Å². The highest BCUT2D eigenvalue weighted by molar-refractivity contribution is 8.00. The van der Waals surface area contributed by atoms with Crippen LogP contribution >= 0.6 is 23.5 Å². The van der Waals surface area contributed by atoms with Gasteiger partial charge < -0.3 is 5.11 Å². The Kier molecular flexibility index (Phi) is 4.73. The first kappa shape index (κ1) is 14.9. The quantitative estimate of drug-likeness (QED) is 0.855. The van der Waals surface area contributed by atoms with Crippen LogP contribution in [-0.4, -0.2) is 22.3 Å². The van der Waals surface area contributed by atoms with Gasteiger partial charge in [-0.15, -0.1) is 11.8 Å². The molecule has 0 radical (unpaired) electrons. The Bertz CT molecular complexity index is 636. The molecule has 1 aromatic carbocycles. The maximum atomic E-state index is 11.5. The highest BCUT2D eigenvalue weighted by atomic mass is 32.2. The summed E-state index contributed by atoms with van der Waals surface area (Å²) in [6.07, 6.45) is 1.88. The minimum atomic E-state index is -0.901. The monoisotopic (exact) mass is 305 g/mol. The molecule has 0 aliphatic carbocycles. The topological polar surface area (TPSA) is 50.2 Å². The Morgan fingerprint density at radius 2 is 1.90 bits per heavy atom. The van der Waals surface area contributed by atoms with E-state index in [0.29, 0.717) is 5.56 Å². The third kappa shape index (κ3) is 3.35. The summed E-state index contributed by atoms with van der Waals surface area (Å²) in [6.45, 7) is 3.95. The SMILES string of the molecule is CSc1cccc(Sc2cc(C)cc(C)n2)c1C(=O)O. The van der Waals surface area contributed by atoms with E-state index < -0.39 is 5.97 Å². The van der Waals surface area contributed by atoms with Crippen LogP contribution in [0.2, 0.25) is 0 Å². The normalized spacial score (nSPS) is 10.6. The fourth-order valence-corrected chi connectivity index (χ4v) is 3.73. The molecule has 104 valence electrons. The van der Waals surface area contributed by atoms with E-state index in [9.17, 15) is 9.90 Å². The number of benzene rings is 1. The number of pyridine rings is 1. The maximum Gasteiger partial charge on any atom is 0.337 e. The van der Waals surface area contributed by atoms with Crippen molar-refractivity contribution < 1.29 is 9.90 Å². The van der Waals surface area contributed by atoms with Crippen LogP contribution in [0.3, 0.4) is 0 Å². The van der Waals surface area contributed by atoms with Crippen molar-refractivity contribution in [2.24, 2.45) is 0 Å². The molecule has 0 fully saturated rings. The molecule has 20 heavy (non-hydrogen) atoms. The molecule has 0 saturated heterocycles. The third-order valence-electron chi connectivity index (χ3n) is 2.71. The van der Waals surface area contributed by atoms with Crippen LogP contribution in [-0.2, 0) is 0 Å². The maximum absolute atomic E-state index is 11.5. The summed E-state index contributed by atoms with van der Waals surface area (Å²) in [7, 11) is 0. The average Bonchev–Trinajstić information content (AvgIpc) is 2.36. The lowest BCUT2D eigenvalue weighted by Gasteiger charge is -2.10. The lowest BCUT2D eigenvalue weighted by molar-refractivity contribution is 0.0689.